The number of sulfone groups is 1. The van der Waals surface area contributed by atoms with Gasteiger partial charge in [-0.3, -0.25) is 5.10 Å². The number of hydrogen-bond donors (Lipinski definition) is 1. The maximum Gasteiger partial charge on any atom is 0.433 e. The highest BCUT2D eigenvalue weighted by molar-refractivity contribution is 7.90. The molecular weight excluding hydrogens is 317 g/mol. The second-order valence-electron chi connectivity index (χ2n) is 5.25. The molecule has 8 heteroatoms. The van der Waals surface area contributed by atoms with Crippen molar-refractivity contribution in [1.82, 2.24) is 10.2 Å². The van der Waals surface area contributed by atoms with Gasteiger partial charge in [0.15, 0.2) is 9.84 Å². The number of unbranched alkanes of at least 4 members (excludes halogenated alkanes) is 2. The van der Waals surface area contributed by atoms with Gasteiger partial charge in [0.2, 0.25) is 0 Å². The molecule has 4 nitrogen and oxygen atoms in total. The van der Waals surface area contributed by atoms with Crippen molar-refractivity contribution in [2.45, 2.75) is 38.1 Å². The van der Waals surface area contributed by atoms with E-state index in [9.17, 15) is 21.6 Å². The normalized spacial score (nSPS) is 12.9. The van der Waals surface area contributed by atoms with Crippen molar-refractivity contribution in [2.75, 3.05) is 5.75 Å². The van der Waals surface area contributed by atoms with Gasteiger partial charge in [0.25, 0.3) is 0 Å². The molecule has 0 saturated heterocycles. The smallest absolute Gasteiger partial charge is 0.272 e. The second kappa shape index (κ2) is 6.28. The summed E-state index contributed by atoms with van der Waals surface area (Å²) < 4.78 is 62.5. The number of fused-ring (bicyclic) bond motifs is 1. The molecule has 122 valence electrons. The Morgan fingerprint density at radius 3 is 2.59 bits per heavy atom. The van der Waals surface area contributed by atoms with Gasteiger partial charge in [0.1, 0.15) is 5.69 Å². The van der Waals surface area contributed by atoms with Gasteiger partial charge in [-0.05, 0) is 24.1 Å². The molecule has 0 unspecified atom stereocenters. The van der Waals surface area contributed by atoms with Gasteiger partial charge < -0.3 is 0 Å². The first kappa shape index (κ1) is 16.8. The summed E-state index contributed by atoms with van der Waals surface area (Å²) in [4.78, 5) is 0. The quantitative estimate of drug-likeness (QED) is 0.820. The lowest BCUT2D eigenvalue weighted by molar-refractivity contribution is -0.139. The fraction of sp³-hybridized carbons (Fsp3) is 0.500. The predicted octanol–water partition coefficient (Wildman–Crippen LogP) is 3.69. The Labute approximate surface area is 126 Å². The maximum absolute atomic E-state index is 12.8. The van der Waals surface area contributed by atoms with Crippen LogP contribution < -0.4 is 0 Å². The number of H-pyrrole nitrogens is 1. The molecule has 2 aromatic rings. The zero-order valence-corrected chi connectivity index (χ0v) is 12.9. The second-order valence-corrected chi connectivity index (χ2v) is 7.43. The molecule has 1 N–H and O–H groups in total. The van der Waals surface area contributed by atoms with E-state index in [-0.39, 0.29) is 22.4 Å². The Morgan fingerprint density at radius 2 is 1.95 bits per heavy atom. The number of alkyl halides is 3. The van der Waals surface area contributed by atoms with Crippen LogP contribution in [0.1, 0.15) is 37.4 Å². The lowest BCUT2D eigenvalue weighted by atomic mass is 10.1. The number of aromatic nitrogens is 2. The van der Waals surface area contributed by atoms with Crippen molar-refractivity contribution in [1.29, 1.82) is 0 Å². The minimum Gasteiger partial charge on any atom is -0.272 e. The summed E-state index contributed by atoms with van der Waals surface area (Å²) in [6, 6.07) is 4.15. The first-order chi connectivity index (χ1) is 10.2. The summed E-state index contributed by atoms with van der Waals surface area (Å²) in [5.74, 6) is -0.203. The van der Waals surface area contributed by atoms with Gasteiger partial charge >= 0.3 is 6.18 Å². The van der Waals surface area contributed by atoms with Crippen LogP contribution in [0.25, 0.3) is 10.9 Å². The van der Waals surface area contributed by atoms with Crippen LogP contribution in [0.4, 0.5) is 13.2 Å². The fourth-order valence-corrected chi connectivity index (χ4v) is 3.74. The molecule has 0 radical (unpaired) electrons. The number of hydrogen-bond acceptors (Lipinski definition) is 3. The molecule has 0 spiro atoms. The Bertz CT molecular complexity index is 751. The van der Waals surface area contributed by atoms with Crippen LogP contribution in [-0.4, -0.2) is 24.4 Å². The van der Waals surface area contributed by atoms with Gasteiger partial charge in [0.05, 0.1) is 17.0 Å². The molecule has 0 bridgehead atoms. The molecule has 0 saturated carbocycles. The van der Waals surface area contributed by atoms with Crippen molar-refractivity contribution in [3.8, 4) is 0 Å². The van der Waals surface area contributed by atoms with E-state index in [1.165, 1.54) is 18.2 Å². The average molecular weight is 334 g/mol. The SMILES string of the molecule is CCCCCS(=O)(=O)Cc1ccc2n[nH]c(C(F)(F)F)c2c1. The molecule has 0 atom stereocenters. The summed E-state index contributed by atoms with van der Waals surface area (Å²) in [7, 11) is -3.32. The van der Waals surface area contributed by atoms with Crippen molar-refractivity contribution in [3.05, 3.63) is 29.5 Å². The largest absolute Gasteiger partial charge is 0.433 e. The molecule has 0 aliphatic heterocycles. The Morgan fingerprint density at radius 1 is 1.23 bits per heavy atom. The standard InChI is InChI=1S/C14H17F3N2O2S/c1-2-3-4-7-22(20,21)9-10-5-6-12-11(8-10)13(19-18-12)14(15,16)17/h5-6,8H,2-4,7,9H2,1H3,(H,18,19). The molecular formula is C14H17F3N2O2S. The highest BCUT2D eigenvalue weighted by atomic mass is 32.2. The topological polar surface area (TPSA) is 62.8 Å². The Balaban J connectivity index is 2.26. The molecule has 0 aliphatic carbocycles. The van der Waals surface area contributed by atoms with E-state index in [4.69, 9.17) is 0 Å². The first-order valence-corrected chi connectivity index (χ1v) is 8.79. The molecule has 0 amide bonds. The number of benzene rings is 1. The molecule has 2 rings (SSSR count). The highest BCUT2D eigenvalue weighted by Gasteiger charge is 2.35. The van der Waals surface area contributed by atoms with Crippen LogP contribution >= 0.6 is 0 Å². The van der Waals surface area contributed by atoms with Crippen LogP contribution in [-0.2, 0) is 21.8 Å². The number of nitrogens with zero attached hydrogens (tertiary/aromatic N) is 1. The zero-order valence-electron chi connectivity index (χ0n) is 12.1. The maximum atomic E-state index is 12.8. The number of halogens is 3. The van der Waals surface area contributed by atoms with Gasteiger partial charge in [-0.25, -0.2) is 8.42 Å². The van der Waals surface area contributed by atoms with E-state index in [1.54, 1.807) is 0 Å². The van der Waals surface area contributed by atoms with Crippen LogP contribution in [0.15, 0.2) is 18.2 Å². The van der Waals surface area contributed by atoms with E-state index in [0.29, 0.717) is 12.0 Å². The van der Waals surface area contributed by atoms with Crippen molar-refractivity contribution < 1.29 is 21.6 Å². The molecule has 22 heavy (non-hydrogen) atoms. The summed E-state index contributed by atoms with van der Waals surface area (Å²) >= 11 is 0. The van der Waals surface area contributed by atoms with Gasteiger partial charge in [0, 0.05) is 5.39 Å². The van der Waals surface area contributed by atoms with E-state index in [1.807, 2.05) is 12.0 Å². The lowest BCUT2D eigenvalue weighted by Crippen LogP contribution is -2.09. The Kier molecular flexibility index (Phi) is 4.79. The van der Waals surface area contributed by atoms with Crippen LogP contribution in [0, 0.1) is 0 Å². The first-order valence-electron chi connectivity index (χ1n) is 6.97. The molecule has 1 aromatic heterocycles. The fourth-order valence-electron chi connectivity index (χ4n) is 2.26. The highest BCUT2D eigenvalue weighted by Crippen LogP contribution is 2.33. The number of aromatic amines is 1. The van der Waals surface area contributed by atoms with E-state index >= 15 is 0 Å². The average Bonchev–Trinajstić information content (AvgIpc) is 2.81. The van der Waals surface area contributed by atoms with Crippen molar-refractivity contribution in [3.63, 3.8) is 0 Å². The summed E-state index contributed by atoms with van der Waals surface area (Å²) in [5, 5.41) is 5.45. The minimum absolute atomic E-state index is 0.0520. The molecule has 0 fully saturated rings. The monoisotopic (exact) mass is 334 g/mol. The third-order valence-electron chi connectivity index (χ3n) is 3.35. The van der Waals surface area contributed by atoms with Crippen LogP contribution in [0.5, 0.6) is 0 Å². The van der Waals surface area contributed by atoms with Gasteiger partial charge in [-0.15, -0.1) is 0 Å². The number of rotatable bonds is 6. The minimum atomic E-state index is -4.55. The number of nitrogens with one attached hydrogen (secondary N) is 1. The third-order valence-corrected chi connectivity index (χ3v) is 5.03. The molecule has 0 aliphatic rings. The van der Waals surface area contributed by atoms with Crippen molar-refractivity contribution in [2.24, 2.45) is 0 Å². The van der Waals surface area contributed by atoms with Gasteiger partial charge in [-0.2, -0.15) is 18.3 Å². The summed E-state index contributed by atoms with van der Waals surface area (Å²) in [6.07, 6.45) is -2.25. The Hall–Kier alpha value is -1.57. The predicted molar refractivity (Wildman–Crippen MR) is 78.1 cm³/mol. The summed E-state index contributed by atoms with van der Waals surface area (Å²) in [5.41, 5.74) is -0.442. The van der Waals surface area contributed by atoms with Crippen LogP contribution in [0.3, 0.4) is 0 Å². The van der Waals surface area contributed by atoms with Gasteiger partial charge in [-0.1, -0.05) is 25.8 Å². The third kappa shape index (κ3) is 4.00. The van der Waals surface area contributed by atoms with E-state index < -0.39 is 21.7 Å². The zero-order chi connectivity index (χ0) is 16.4. The van der Waals surface area contributed by atoms with E-state index in [2.05, 4.69) is 5.10 Å². The van der Waals surface area contributed by atoms with Crippen molar-refractivity contribution >= 4 is 20.7 Å². The summed E-state index contributed by atoms with van der Waals surface area (Å²) in [6.45, 7) is 1.97. The molecule has 1 heterocycles. The lowest BCUT2D eigenvalue weighted by Gasteiger charge is -2.06. The van der Waals surface area contributed by atoms with E-state index in [0.717, 1.165) is 12.8 Å². The molecule has 1 aromatic carbocycles. The van der Waals surface area contributed by atoms with Crippen LogP contribution in [0.2, 0.25) is 0 Å².